The summed E-state index contributed by atoms with van der Waals surface area (Å²) in [6, 6.07) is 8.21. The first-order chi connectivity index (χ1) is 13.0. The Balaban J connectivity index is 1.75. The van der Waals surface area contributed by atoms with Crippen molar-refractivity contribution in [1.29, 1.82) is 0 Å². The minimum atomic E-state index is 0.0375. The Bertz CT molecular complexity index is 970. The number of halogens is 1. The van der Waals surface area contributed by atoms with Gasteiger partial charge in [-0.1, -0.05) is 36.6 Å². The number of fused-ring (bicyclic) bond motifs is 1. The van der Waals surface area contributed by atoms with Gasteiger partial charge in [0.25, 0.3) is 0 Å². The number of aromatic hydroxyl groups is 1. The molecule has 0 saturated heterocycles. The van der Waals surface area contributed by atoms with Crippen LogP contribution in [-0.2, 0) is 0 Å². The van der Waals surface area contributed by atoms with Crippen molar-refractivity contribution in [3.63, 3.8) is 0 Å². The molecule has 0 unspecified atom stereocenters. The first-order valence-corrected chi connectivity index (χ1v) is 9.66. The number of aromatic amines is 1. The van der Waals surface area contributed by atoms with Gasteiger partial charge in [0.1, 0.15) is 11.6 Å². The molecule has 1 fully saturated rings. The lowest BCUT2D eigenvalue weighted by Gasteiger charge is -2.30. The van der Waals surface area contributed by atoms with Crippen LogP contribution in [0.15, 0.2) is 30.5 Å². The van der Waals surface area contributed by atoms with E-state index in [1.807, 2.05) is 31.2 Å². The Morgan fingerprint density at radius 1 is 1.26 bits per heavy atom. The zero-order valence-electron chi connectivity index (χ0n) is 15.2. The summed E-state index contributed by atoms with van der Waals surface area (Å²) in [5.41, 5.74) is 8.31. The average molecular weight is 386 g/mol. The van der Waals surface area contributed by atoms with E-state index in [-0.39, 0.29) is 18.0 Å². The molecule has 0 bridgehead atoms. The molecular weight excluding hydrogens is 362 g/mol. The van der Waals surface area contributed by atoms with Gasteiger partial charge in [-0.25, -0.2) is 4.98 Å². The highest BCUT2D eigenvalue weighted by Crippen LogP contribution is 2.40. The van der Waals surface area contributed by atoms with Crippen molar-refractivity contribution in [3.8, 4) is 5.88 Å². The molecule has 4 rings (SSSR count). The molecule has 6 nitrogen and oxygen atoms in total. The molecule has 0 spiro atoms. The second-order valence-electron chi connectivity index (χ2n) is 7.24. The third-order valence-corrected chi connectivity index (χ3v) is 5.57. The van der Waals surface area contributed by atoms with Crippen LogP contribution in [0.5, 0.6) is 5.88 Å². The van der Waals surface area contributed by atoms with Crippen LogP contribution in [-0.4, -0.2) is 27.2 Å². The molecule has 0 amide bonds. The number of anilines is 3. The Morgan fingerprint density at radius 2 is 2.07 bits per heavy atom. The predicted octanol–water partition coefficient (Wildman–Crippen LogP) is 4.66. The first-order valence-electron chi connectivity index (χ1n) is 9.28. The molecule has 0 radical (unpaired) electrons. The monoisotopic (exact) mass is 385 g/mol. The summed E-state index contributed by atoms with van der Waals surface area (Å²) in [6.07, 6.45) is 5.99. The van der Waals surface area contributed by atoms with Gasteiger partial charge >= 0.3 is 0 Å². The number of rotatable bonds is 4. The van der Waals surface area contributed by atoms with Crippen LogP contribution in [0.2, 0.25) is 5.02 Å². The van der Waals surface area contributed by atoms with Crippen LogP contribution in [0.3, 0.4) is 0 Å². The molecule has 142 valence electrons. The van der Waals surface area contributed by atoms with Gasteiger partial charge in [-0.05, 0) is 37.5 Å². The molecule has 2 aromatic heterocycles. The number of hydrogen-bond acceptors (Lipinski definition) is 5. The van der Waals surface area contributed by atoms with Crippen molar-refractivity contribution >= 4 is 39.7 Å². The van der Waals surface area contributed by atoms with Crippen molar-refractivity contribution in [3.05, 3.63) is 41.0 Å². The number of aryl methyl sites for hydroxylation is 1. The minimum absolute atomic E-state index is 0.0375. The minimum Gasteiger partial charge on any atom is -0.494 e. The van der Waals surface area contributed by atoms with E-state index in [1.54, 1.807) is 6.20 Å². The number of pyridine rings is 1. The lowest BCUT2D eigenvalue weighted by Crippen LogP contribution is -2.42. The van der Waals surface area contributed by atoms with Gasteiger partial charge in [0.15, 0.2) is 5.88 Å². The third-order valence-electron chi connectivity index (χ3n) is 5.19. The van der Waals surface area contributed by atoms with E-state index in [0.29, 0.717) is 27.4 Å². The largest absolute Gasteiger partial charge is 0.494 e. The van der Waals surface area contributed by atoms with E-state index >= 15 is 0 Å². The lowest BCUT2D eigenvalue weighted by molar-refractivity contribution is 0.403. The second-order valence-corrected chi connectivity index (χ2v) is 7.62. The van der Waals surface area contributed by atoms with Crippen LogP contribution >= 0.6 is 11.6 Å². The summed E-state index contributed by atoms with van der Waals surface area (Å²) in [5.74, 6) is 1.17. The lowest BCUT2D eigenvalue weighted by atomic mass is 9.91. The number of aromatic nitrogens is 2. The van der Waals surface area contributed by atoms with Crippen LogP contribution in [0, 0.1) is 6.92 Å². The summed E-state index contributed by atoms with van der Waals surface area (Å²) in [6.45, 7) is 2.03. The highest BCUT2D eigenvalue weighted by Gasteiger charge is 2.24. The van der Waals surface area contributed by atoms with E-state index in [0.717, 1.165) is 36.9 Å². The number of hydrogen-bond donors (Lipinski definition) is 5. The van der Waals surface area contributed by atoms with Crippen molar-refractivity contribution < 1.29 is 5.11 Å². The highest BCUT2D eigenvalue weighted by atomic mass is 35.5. The van der Waals surface area contributed by atoms with Gasteiger partial charge in [-0.3, -0.25) is 0 Å². The summed E-state index contributed by atoms with van der Waals surface area (Å²) in [4.78, 5) is 7.53. The first kappa shape index (κ1) is 17.9. The molecule has 6 N–H and O–H groups in total. The van der Waals surface area contributed by atoms with Gasteiger partial charge in [0.05, 0.1) is 10.4 Å². The van der Waals surface area contributed by atoms with Crippen LogP contribution < -0.4 is 16.4 Å². The number of nitrogens with one attached hydrogen (secondary N) is 3. The molecule has 1 aromatic carbocycles. The summed E-state index contributed by atoms with van der Waals surface area (Å²) in [7, 11) is 0. The maximum absolute atomic E-state index is 10.3. The Labute approximate surface area is 163 Å². The predicted molar refractivity (Wildman–Crippen MR) is 111 cm³/mol. The molecule has 7 heteroatoms. The van der Waals surface area contributed by atoms with Crippen LogP contribution in [0.4, 0.5) is 17.3 Å². The second kappa shape index (κ2) is 7.29. The van der Waals surface area contributed by atoms with Crippen molar-refractivity contribution in [1.82, 2.24) is 9.97 Å². The molecule has 1 saturated carbocycles. The summed E-state index contributed by atoms with van der Waals surface area (Å²) < 4.78 is 0. The fourth-order valence-electron chi connectivity index (χ4n) is 3.73. The number of H-pyrrole nitrogens is 1. The van der Waals surface area contributed by atoms with E-state index in [1.165, 1.54) is 0 Å². The van der Waals surface area contributed by atoms with Gasteiger partial charge in [-0.15, -0.1) is 0 Å². The normalized spacial score (nSPS) is 20.0. The number of nitrogens with zero attached hydrogens (tertiary/aromatic N) is 1. The standard InChI is InChI=1S/C20H24ClN5O/c1-11-5-4-6-12(9-11)24-18-16-13(10-23-20(16)27)17(21)19(26-18)25-15-8-3-2-7-14(15)22/h4-6,9-10,14-15,23,25,27H,2-3,7-8,22H2,1H3,(H,24,26)/t14-,15+/m0/s1. The van der Waals surface area contributed by atoms with Crippen molar-refractivity contribution in [2.75, 3.05) is 10.6 Å². The van der Waals surface area contributed by atoms with Gasteiger partial charge in [-0.2, -0.15) is 0 Å². The quantitative estimate of drug-likeness (QED) is 0.450. The molecule has 0 aliphatic heterocycles. The maximum Gasteiger partial charge on any atom is 0.200 e. The fraction of sp³-hybridized carbons (Fsp3) is 0.350. The van der Waals surface area contributed by atoms with Crippen molar-refractivity contribution in [2.24, 2.45) is 5.73 Å². The molecule has 1 aliphatic rings. The summed E-state index contributed by atoms with van der Waals surface area (Å²) >= 11 is 6.60. The van der Waals surface area contributed by atoms with Crippen LogP contribution in [0.1, 0.15) is 31.2 Å². The number of benzene rings is 1. The Kier molecular flexibility index (Phi) is 4.85. The Morgan fingerprint density at radius 3 is 2.85 bits per heavy atom. The van der Waals surface area contributed by atoms with Gasteiger partial charge in [0.2, 0.25) is 0 Å². The van der Waals surface area contributed by atoms with Gasteiger partial charge in [0, 0.05) is 29.4 Å². The molecular formula is C20H24ClN5O. The highest BCUT2D eigenvalue weighted by molar-refractivity contribution is 6.38. The summed E-state index contributed by atoms with van der Waals surface area (Å²) in [5, 5.41) is 18.8. The van der Waals surface area contributed by atoms with E-state index in [9.17, 15) is 5.11 Å². The number of nitrogens with two attached hydrogens (primary N) is 1. The average Bonchev–Trinajstić information content (AvgIpc) is 3.03. The van der Waals surface area contributed by atoms with Crippen LogP contribution in [0.25, 0.3) is 10.8 Å². The van der Waals surface area contributed by atoms with Gasteiger partial charge < -0.3 is 26.5 Å². The van der Waals surface area contributed by atoms with E-state index in [2.05, 4.69) is 15.6 Å². The molecule has 3 aromatic rings. The molecule has 27 heavy (non-hydrogen) atoms. The molecule has 2 atom stereocenters. The zero-order chi connectivity index (χ0) is 19.0. The SMILES string of the molecule is Cc1cccc(Nc2nc(N[C@@H]3CCCC[C@@H]3N)c(Cl)c3c[nH]c(O)c23)c1. The molecule has 1 aliphatic carbocycles. The van der Waals surface area contributed by atoms with E-state index in [4.69, 9.17) is 22.3 Å². The smallest absolute Gasteiger partial charge is 0.200 e. The Hall–Kier alpha value is -2.44. The van der Waals surface area contributed by atoms with E-state index < -0.39 is 0 Å². The topological polar surface area (TPSA) is 99.0 Å². The molecule has 2 heterocycles. The third kappa shape index (κ3) is 3.55. The zero-order valence-corrected chi connectivity index (χ0v) is 16.0. The maximum atomic E-state index is 10.3. The van der Waals surface area contributed by atoms with Crippen molar-refractivity contribution in [2.45, 2.75) is 44.7 Å². The fourth-order valence-corrected chi connectivity index (χ4v) is 3.98.